The maximum Gasteiger partial charge on any atom is 0.0625 e. The van der Waals surface area contributed by atoms with E-state index in [0.717, 1.165) is 5.69 Å². The van der Waals surface area contributed by atoms with E-state index in [-0.39, 0.29) is 5.41 Å². The lowest BCUT2D eigenvalue weighted by Gasteiger charge is -2.19. The van der Waals surface area contributed by atoms with Crippen LogP contribution in [-0.4, -0.2) is 9.78 Å². The van der Waals surface area contributed by atoms with Gasteiger partial charge in [-0.05, 0) is 19.4 Å². The van der Waals surface area contributed by atoms with Gasteiger partial charge in [-0.3, -0.25) is 4.68 Å². The van der Waals surface area contributed by atoms with Crippen LogP contribution in [0.1, 0.15) is 37.7 Å². The molecule has 0 aromatic carbocycles. The molecule has 0 spiro atoms. The van der Waals surface area contributed by atoms with Gasteiger partial charge in [0.05, 0.1) is 5.69 Å². The van der Waals surface area contributed by atoms with Crippen LogP contribution in [0.2, 0.25) is 0 Å². The van der Waals surface area contributed by atoms with E-state index in [9.17, 15) is 0 Å². The van der Waals surface area contributed by atoms with Gasteiger partial charge in [0.25, 0.3) is 0 Å². The second-order valence-corrected chi connectivity index (χ2v) is 4.43. The maximum atomic E-state index is 4.39. The van der Waals surface area contributed by atoms with Crippen LogP contribution in [0.5, 0.6) is 0 Å². The molecule has 0 saturated carbocycles. The Balaban J connectivity index is 3.32. The fourth-order valence-corrected chi connectivity index (χ4v) is 1.81. The number of aromatic nitrogens is 2. The van der Waals surface area contributed by atoms with E-state index in [1.165, 1.54) is 11.3 Å². The summed E-state index contributed by atoms with van der Waals surface area (Å²) in [6.45, 7) is 10.9. The molecule has 0 unspecified atom stereocenters. The lowest BCUT2D eigenvalue weighted by Crippen LogP contribution is -2.17. The Kier molecular flexibility index (Phi) is 2.02. The largest absolute Gasteiger partial charge is 0.272 e. The summed E-state index contributed by atoms with van der Waals surface area (Å²) < 4.78 is 1.99. The highest BCUT2D eigenvalue weighted by atomic mass is 15.3. The van der Waals surface area contributed by atoms with Crippen LogP contribution in [0.15, 0.2) is 0 Å². The first-order valence-corrected chi connectivity index (χ1v) is 4.34. The molecule has 68 valence electrons. The van der Waals surface area contributed by atoms with Crippen LogP contribution in [0.4, 0.5) is 0 Å². The molecular weight excluding hydrogens is 148 g/mol. The van der Waals surface area contributed by atoms with E-state index in [0.29, 0.717) is 0 Å². The third-order valence-corrected chi connectivity index (χ3v) is 2.23. The molecular formula is C10H18N2. The van der Waals surface area contributed by atoms with Gasteiger partial charge < -0.3 is 0 Å². The standard InChI is InChI=1S/C10H18N2/c1-7-8(2)11-12(6)9(7)10(3,4)5/h1-6H3. The van der Waals surface area contributed by atoms with Crippen molar-refractivity contribution < 1.29 is 0 Å². The van der Waals surface area contributed by atoms with Gasteiger partial charge in [0.1, 0.15) is 0 Å². The van der Waals surface area contributed by atoms with Crippen molar-refractivity contribution in [2.45, 2.75) is 40.0 Å². The predicted molar refractivity (Wildman–Crippen MR) is 51.4 cm³/mol. The first-order valence-electron chi connectivity index (χ1n) is 4.34. The van der Waals surface area contributed by atoms with Gasteiger partial charge in [-0.15, -0.1) is 0 Å². The van der Waals surface area contributed by atoms with Crippen LogP contribution in [0, 0.1) is 13.8 Å². The Bertz CT molecular complexity index is 290. The minimum absolute atomic E-state index is 0.195. The lowest BCUT2D eigenvalue weighted by atomic mass is 9.89. The summed E-state index contributed by atoms with van der Waals surface area (Å²) in [7, 11) is 2.01. The Morgan fingerprint density at radius 1 is 1.17 bits per heavy atom. The third kappa shape index (κ3) is 1.38. The molecule has 0 radical (unpaired) electrons. The summed E-state index contributed by atoms with van der Waals surface area (Å²) in [6, 6.07) is 0. The van der Waals surface area contributed by atoms with Gasteiger partial charge in [0.2, 0.25) is 0 Å². The van der Waals surface area contributed by atoms with E-state index in [1.54, 1.807) is 0 Å². The molecule has 0 N–H and O–H groups in total. The molecule has 0 bridgehead atoms. The van der Waals surface area contributed by atoms with Crippen molar-refractivity contribution in [3.63, 3.8) is 0 Å². The smallest absolute Gasteiger partial charge is 0.0625 e. The van der Waals surface area contributed by atoms with Crippen molar-refractivity contribution in [2.24, 2.45) is 7.05 Å². The molecule has 0 aliphatic heterocycles. The van der Waals surface area contributed by atoms with Crippen molar-refractivity contribution in [3.05, 3.63) is 17.0 Å². The summed E-state index contributed by atoms with van der Waals surface area (Å²) in [5.41, 5.74) is 3.99. The fourth-order valence-electron chi connectivity index (χ4n) is 1.81. The molecule has 0 atom stereocenters. The zero-order valence-electron chi connectivity index (χ0n) is 8.89. The third-order valence-electron chi connectivity index (χ3n) is 2.23. The first-order chi connectivity index (χ1) is 5.34. The SMILES string of the molecule is Cc1nn(C)c(C(C)(C)C)c1C. The van der Waals surface area contributed by atoms with E-state index < -0.39 is 0 Å². The number of nitrogens with zero attached hydrogens (tertiary/aromatic N) is 2. The van der Waals surface area contributed by atoms with Crippen LogP contribution < -0.4 is 0 Å². The zero-order valence-corrected chi connectivity index (χ0v) is 8.89. The molecule has 2 heteroatoms. The minimum atomic E-state index is 0.195. The molecule has 0 fully saturated rings. The molecule has 1 heterocycles. The van der Waals surface area contributed by atoms with Crippen LogP contribution >= 0.6 is 0 Å². The molecule has 0 amide bonds. The maximum absolute atomic E-state index is 4.39. The monoisotopic (exact) mass is 166 g/mol. The molecule has 12 heavy (non-hydrogen) atoms. The lowest BCUT2D eigenvalue weighted by molar-refractivity contribution is 0.520. The van der Waals surface area contributed by atoms with Gasteiger partial charge in [-0.25, -0.2) is 0 Å². The topological polar surface area (TPSA) is 17.8 Å². The van der Waals surface area contributed by atoms with Crippen molar-refractivity contribution in [2.75, 3.05) is 0 Å². The van der Waals surface area contributed by atoms with Crippen LogP contribution in [-0.2, 0) is 12.5 Å². The quantitative estimate of drug-likeness (QED) is 0.578. The van der Waals surface area contributed by atoms with Crippen LogP contribution in [0.3, 0.4) is 0 Å². The van der Waals surface area contributed by atoms with Gasteiger partial charge in [-0.1, -0.05) is 20.8 Å². The molecule has 0 saturated heterocycles. The Labute approximate surface area is 74.6 Å². The van der Waals surface area contributed by atoms with Gasteiger partial charge in [0, 0.05) is 18.2 Å². The normalized spacial score (nSPS) is 12.2. The number of hydrogen-bond acceptors (Lipinski definition) is 1. The molecule has 2 nitrogen and oxygen atoms in total. The second-order valence-electron chi connectivity index (χ2n) is 4.43. The summed E-state index contributed by atoms with van der Waals surface area (Å²) >= 11 is 0. The summed E-state index contributed by atoms with van der Waals surface area (Å²) in [5.74, 6) is 0. The van der Waals surface area contributed by atoms with Crippen LogP contribution in [0.25, 0.3) is 0 Å². The number of aryl methyl sites for hydroxylation is 2. The van der Waals surface area contributed by atoms with E-state index in [2.05, 4.69) is 39.7 Å². The Morgan fingerprint density at radius 2 is 1.67 bits per heavy atom. The average molecular weight is 166 g/mol. The average Bonchev–Trinajstić information content (AvgIpc) is 2.05. The van der Waals surface area contributed by atoms with Crippen molar-refractivity contribution >= 4 is 0 Å². The fraction of sp³-hybridized carbons (Fsp3) is 0.700. The summed E-state index contributed by atoms with van der Waals surface area (Å²) in [6.07, 6.45) is 0. The van der Waals surface area contributed by atoms with Gasteiger partial charge in [0.15, 0.2) is 0 Å². The Morgan fingerprint density at radius 3 is 1.83 bits per heavy atom. The van der Waals surface area contributed by atoms with Gasteiger partial charge in [-0.2, -0.15) is 5.10 Å². The van der Waals surface area contributed by atoms with E-state index >= 15 is 0 Å². The highest BCUT2D eigenvalue weighted by Crippen LogP contribution is 2.26. The molecule has 1 aromatic heterocycles. The zero-order chi connectivity index (χ0) is 9.52. The highest BCUT2D eigenvalue weighted by molar-refractivity contribution is 5.28. The number of rotatable bonds is 0. The molecule has 0 aliphatic rings. The first kappa shape index (κ1) is 9.30. The van der Waals surface area contributed by atoms with Crippen molar-refractivity contribution in [3.8, 4) is 0 Å². The number of hydrogen-bond donors (Lipinski definition) is 0. The predicted octanol–water partition coefficient (Wildman–Crippen LogP) is 2.33. The van der Waals surface area contributed by atoms with E-state index in [1.807, 2.05) is 11.7 Å². The second kappa shape index (κ2) is 2.61. The van der Waals surface area contributed by atoms with E-state index in [4.69, 9.17) is 0 Å². The molecule has 1 aromatic rings. The molecule has 1 rings (SSSR count). The summed E-state index contributed by atoms with van der Waals surface area (Å²) in [4.78, 5) is 0. The Hall–Kier alpha value is -0.790. The van der Waals surface area contributed by atoms with Crippen molar-refractivity contribution in [1.82, 2.24) is 9.78 Å². The minimum Gasteiger partial charge on any atom is -0.272 e. The summed E-state index contributed by atoms with van der Waals surface area (Å²) in [5, 5.41) is 4.39. The molecule has 0 aliphatic carbocycles. The van der Waals surface area contributed by atoms with Crippen molar-refractivity contribution in [1.29, 1.82) is 0 Å². The highest BCUT2D eigenvalue weighted by Gasteiger charge is 2.21. The van der Waals surface area contributed by atoms with Gasteiger partial charge >= 0.3 is 0 Å².